The van der Waals surface area contributed by atoms with E-state index in [1.54, 1.807) is 0 Å². The van der Waals surface area contributed by atoms with Crippen LogP contribution in [0.5, 0.6) is 5.75 Å². The van der Waals surface area contributed by atoms with E-state index in [9.17, 15) is 4.79 Å². The Morgan fingerprint density at radius 2 is 1.78 bits per heavy atom. The summed E-state index contributed by atoms with van der Waals surface area (Å²) < 4.78 is 9.94. The van der Waals surface area contributed by atoms with E-state index in [0.717, 1.165) is 49.2 Å². The zero-order chi connectivity index (χ0) is 24.8. The molecule has 1 aliphatic heterocycles. The third-order valence-electron chi connectivity index (χ3n) is 6.60. The van der Waals surface area contributed by atoms with Crippen molar-refractivity contribution in [3.05, 3.63) is 123 Å². The Labute approximate surface area is 229 Å². The summed E-state index contributed by atoms with van der Waals surface area (Å²) in [5.74, 6) is 0.756. The summed E-state index contributed by atoms with van der Waals surface area (Å²) in [6, 6.07) is 22.6. The van der Waals surface area contributed by atoms with Crippen LogP contribution in [-0.4, -0.2) is 11.2 Å². The number of hydrogen-bond acceptors (Lipinski definition) is 4. The second kappa shape index (κ2) is 9.61. The highest BCUT2D eigenvalue weighted by molar-refractivity contribution is 9.11. The van der Waals surface area contributed by atoms with Gasteiger partial charge in [-0.25, -0.2) is 4.99 Å². The van der Waals surface area contributed by atoms with Gasteiger partial charge in [0.1, 0.15) is 5.75 Å². The predicted molar refractivity (Wildman–Crippen MR) is 152 cm³/mol. The van der Waals surface area contributed by atoms with Gasteiger partial charge in [0.25, 0.3) is 5.56 Å². The molecule has 0 spiro atoms. The normalized spacial score (nSPS) is 16.8. The minimum Gasteiger partial charge on any atom is -0.492 e. The largest absolute Gasteiger partial charge is 0.492 e. The lowest BCUT2D eigenvalue weighted by atomic mass is 9.83. The molecule has 0 amide bonds. The van der Waals surface area contributed by atoms with Crippen molar-refractivity contribution in [1.82, 2.24) is 4.57 Å². The first-order valence-electron chi connectivity index (χ1n) is 11.8. The third kappa shape index (κ3) is 4.03. The topological polar surface area (TPSA) is 43.6 Å². The number of hydrogen-bond donors (Lipinski definition) is 0. The maximum atomic E-state index is 13.9. The van der Waals surface area contributed by atoms with Crippen molar-refractivity contribution in [2.45, 2.75) is 25.8 Å². The first-order valence-corrected chi connectivity index (χ1v) is 14.2. The summed E-state index contributed by atoms with van der Waals surface area (Å²) in [5.41, 5.74) is 6.73. The SMILES string of the molecule is CCOc1c(Br)cc(C=c2sc3n(c2=O)C(c2ccccc2)C2=C(N=3)c3ccccc3CC2)cc1Br. The Morgan fingerprint density at radius 1 is 1.06 bits per heavy atom. The molecule has 0 saturated heterocycles. The van der Waals surface area contributed by atoms with Crippen LogP contribution in [0.2, 0.25) is 0 Å². The van der Waals surface area contributed by atoms with Gasteiger partial charge in [-0.2, -0.15) is 0 Å². The highest BCUT2D eigenvalue weighted by Crippen LogP contribution is 2.41. The maximum absolute atomic E-state index is 13.9. The van der Waals surface area contributed by atoms with Gasteiger partial charge in [-0.05, 0) is 92.1 Å². The van der Waals surface area contributed by atoms with Crippen molar-refractivity contribution in [3.8, 4) is 5.75 Å². The van der Waals surface area contributed by atoms with Crippen LogP contribution in [0.4, 0.5) is 0 Å². The van der Waals surface area contributed by atoms with E-state index in [1.165, 1.54) is 28.0 Å². The molecule has 1 aromatic heterocycles. The molecule has 0 radical (unpaired) electrons. The summed E-state index contributed by atoms with van der Waals surface area (Å²) in [7, 11) is 0. The second-order valence-corrected chi connectivity index (χ2v) is 11.5. The van der Waals surface area contributed by atoms with Crippen LogP contribution in [0.25, 0.3) is 11.8 Å². The molecule has 7 heteroatoms. The predicted octanol–water partition coefficient (Wildman–Crippen LogP) is 6.24. The van der Waals surface area contributed by atoms with Gasteiger partial charge in [-0.3, -0.25) is 9.36 Å². The third-order valence-corrected chi connectivity index (χ3v) is 8.76. The average Bonchev–Trinajstić information content (AvgIpc) is 3.19. The van der Waals surface area contributed by atoms with E-state index in [4.69, 9.17) is 9.73 Å². The van der Waals surface area contributed by atoms with E-state index < -0.39 is 0 Å². The smallest absolute Gasteiger partial charge is 0.271 e. The molecule has 0 N–H and O–H groups in total. The Morgan fingerprint density at radius 3 is 2.53 bits per heavy atom. The molecule has 180 valence electrons. The fourth-order valence-electron chi connectivity index (χ4n) is 5.05. The Kier molecular flexibility index (Phi) is 6.32. The van der Waals surface area contributed by atoms with Crippen LogP contribution in [-0.2, 0) is 6.42 Å². The Balaban J connectivity index is 1.57. The van der Waals surface area contributed by atoms with Crippen molar-refractivity contribution < 1.29 is 4.74 Å². The molecular formula is C29H22Br2N2O2S. The van der Waals surface area contributed by atoms with Gasteiger partial charge in [-0.1, -0.05) is 65.9 Å². The van der Waals surface area contributed by atoms with E-state index in [1.807, 2.05) is 47.9 Å². The summed E-state index contributed by atoms with van der Waals surface area (Å²) in [6.45, 7) is 2.52. The van der Waals surface area contributed by atoms with Crippen LogP contribution in [0.1, 0.15) is 41.6 Å². The average molecular weight is 622 g/mol. The number of nitrogens with zero attached hydrogens (tertiary/aromatic N) is 2. The van der Waals surface area contributed by atoms with Gasteiger partial charge in [0, 0.05) is 5.56 Å². The van der Waals surface area contributed by atoms with Crippen molar-refractivity contribution in [1.29, 1.82) is 0 Å². The monoisotopic (exact) mass is 620 g/mol. The number of halogens is 2. The van der Waals surface area contributed by atoms with Crippen molar-refractivity contribution in [2.75, 3.05) is 6.61 Å². The molecule has 3 aromatic carbocycles. The molecule has 2 heterocycles. The van der Waals surface area contributed by atoms with Gasteiger partial charge in [0.2, 0.25) is 0 Å². The maximum Gasteiger partial charge on any atom is 0.271 e. The highest BCUT2D eigenvalue weighted by atomic mass is 79.9. The van der Waals surface area contributed by atoms with Gasteiger partial charge in [0.05, 0.1) is 31.8 Å². The fourth-order valence-corrected chi connectivity index (χ4v) is 7.51. The van der Waals surface area contributed by atoms with Gasteiger partial charge in [0.15, 0.2) is 4.80 Å². The highest BCUT2D eigenvalue weighted by Gasteiger charge is 2.32. The molecule has 6 rings (SSSR count). The Bertz CT molecular complexity index is 1680. The number of benzene rings is 3. The summed E-state index contributed by atoms with van der Waals surface area (Å²) in [6.07, 6.45) is 3.78. The lowest BCUT2D eigenvalue weighted by Crippen LogP contribution is -2.38. The number of rotatable bonds is 4. The molecule has 4 nitrogen and oxygen atoms in total. The van der Waals surface area contributed by atoms with Crippen LogP contribution in [0, 0.1) is 0 Å². The molecule has 2 aliphatic rings. The number of thiazole rings is 1. The molecule has 1 aliphatic carbocycles. The van der Waals surface area contributed by atoms with E-state index in [0.29, 0.717) is 11.1 Å². The van der Waals surface area contributed by atoms with Crippen LogP contribution < -0.4 is 19.6 Å². The number of ether oxygens (including phenoxy) is 1. The molecule has 0 bridgehead atoms. The molecule has 0 fully saturated rings. The zero-order valence-corrected chi connectivity index (χ0v) is 23.5. The lowest BCUT2D eigenvalue weighted by molar-refractivity contribution is 0.336. The fraction of sp³-hybridized carbons (Fsp3) is 0.172. The second-order valence-electron chi connectivity index (χ2n) is 8.77. The van der Waals surface area contributed by atoms with E-state index in [-0.39, 0.29) is 11.6 Å². The zero-order valence-electron chi connectivity index (χ0n) is 19.5. The van der Waals surface area contributed by atoms with Gasteiger partial charge in [-0.15, -0.1) is 0 Å². The van der Waals surface area contributed by atoms with Crippen LogP contribution in [0.3, 0.4) is 0 Å². The van der Waals surface area contributed by atoms with Crippen LogP contribution in [0.15, 0.2) is 91.0 Å². The molecule has 1 atom stereocenters. The van der Waals surface area contributed by atoms with Crippen LogP contribution >= 0.6 is 43.2 Å². The van der Waals surface area contributed by atoms with Crippen molar-refractivity contribution >= 4 is 55.0 Å². The van der Waals surface area contributed by atoms with Crippen molar-refractivity contribution in [3.63, 3.8) is 0 Å². The number of allylic oxidation sites excluding steroid dienone is 1. The lowest BCUT2D eigenvalue weighted by Gasteiger charge is -2.30. The first kappa shape index (κ1) is 23.6. The van der Waals surface area contributed by atoms with Gasteiger partial charge >= 0.3 is 0 Å². The summed E-state index contributed by atoms with van der Waals surface area (Å²) in [4.78, 5) is 19.7. The molecule has 4 aromatic rings. The molecule has 36 heavy (non-hydrogen) atoms. The summed E-state index contributed by atoms with van der Waals surface area (Å²) >= 11 is 8.65. The van der Waals surface area contributed by atoms with E-state index >= 15 is 0 Å². The first-order chi connectivity index (χ1) is 17.5. The number of aryl methyl sites for hydroxylation is 1. The van der Waals surface area contributed by atoms with Gasteiger partial charge < -0.3 is 4.74 Å². The molecular weight excluding hydrogens is 600 g/mol. The molecule has 0 saturated carbocycles. The standard InChI is InChI=1S/C29H22Br2N2O2S/c1-2-35-27-22(30)14-17(15-23(27)31)16-24-28(34)33-26(19-9-4-3-5-10-19)21-13-12-18-8-6-7-11-20(18)25(21)32-29(33)36-24/h3-11,14-16,26H,2,12-13H2,1H3. The summed E-state index contributed by atoms with van der Waals surface area (Å²) in [5, 5.41) is 0. The number of fused-ring (bicyclic) bond motifs is 3. The number of aromatic nitrogens is 1. The quantitative estimate of drug-likeness (QED) is 0.271. The minimum absolute atomic E-state index is 0.0147. The Hall–Kier alpha value is -2.74. The molecule has 1 unspecified atom stereocenters. The van der Waals surface area contributed by atoms with Crippen molar-refractivity contribution in [2.24, 2.45) is 4.99 Å². The minimum atomic E-state index is -0.160. The van der Waals surface area contributed by atoms with E-state index in [2.05, 4.69) is 68.3 Å².